The van der Waals surface area contributed by atoms with Crippen molar-refractivity contribution in [1.29, 1.82) is 0 Å². The van der Waals surface area contributed by atoms with Gasteiger partial charge in [0, 0.05) is 24.4 Å². The minimum atomic E-state index is 0.539. The quantitative estimate of drug-likeness (QED) is 0.710. The molecule has 1 aromatic carbocycles. The number of aryl methyl sites for hydroxylation is 2. The molecule has 0 fully saturated rings. The zero-order valence-corrected chi connectivity index (χ0v) is 9.56. The number of aromatic nitrogens is 2. The molecule has 82 valence electrons. The Hall–Kier alpha value is -1.57. The van der Waals surface area contributed by atoms with Crippen LogP contribution in [0.1, 0.15) is 35.6 Å². The van der Waals surface area contributed by atoms with Gasteiger partial charge in [-0.1, -0.05) is 29.8 Å². The smallest absolute Gasteiger partial charge is 0.0948 e. The van der Waals surface area contributed by atoms with E-state index in [1.807, 2.05) is 12.5 Å². The summed E-state index contributed by atoms with van der Waals surface area (Å²) >= 11 is 0. The predicted molar refractivity (Wildman–Crippen MR) is 64.5 cm³/mol. The fourth-order valence-electron chi connectivity index (χ4n) is 2.56. The fourth-order valence-corrected chi connectivity index (χ4v) is 2.56. The van der Waals surface area contributed by atoms with Crippen LogP contribution in [0.15, 0.2) is 36.8 Å². The molecule has 1 aromatic heterocycles. The van der Waals surface area contributed by atoms with Gasteiger partial charge in [-0.2, -0.15) is 0 Å². The monoisotopic (exact) mass is 212 g/mol. The molecule has 1 unspecified atom stereocenters. The molecule has 2 aromatic rings. The molecule has 0 saturated heterocycles. The molecule has 2 heteroatoms. The van der Waals surface area contributed by atoms with E-state index in [1.165, 1.54) is 29.7 Å². The molecule has 0 bridgehead atoms. The van der Waals surface area contributed by atoms with Crippen LogP contribution in [0.25, 0.3) is 0 Å². The Morgan fingerprint density at radius 3 is 2.88 bits per heavy atom. The minimum Gasteiger partial charge on any atom is -0.334 e. The molecule has 2 heterocycles. The highest BCUT2D eigenvalue weighted by molar-refractivity contribution is 5.31. The first-order chi connectivity index (χ1) is 7.84. The van der Waals surface area contributed by atoms with Crippen LogP contribution in [0.4, 0.5) is 0 Å². The van der Waals surface area contributed by atoms with Crippen LogP contribution in [-0.2, 0) is 6.54 Å². The van der Waals surface area contributed by atoms with Crippen LogP contribution >= 0.6 is 0 Å². The van der Waals surface area contributed by atoms with E-state index >= 15 is 0 Å². The highest BCUT2D eigenvalue weighted by Gasteiger charge is 2.21. The number of benzene rings is 1. The van der Waals surface area contributed by atoms with Crippen LogP contribution in [0.2, 0.25) is 0 Å². The summed E-state index contributed by atoms with van der Waals surface area (Å²) in [4.78, 5) is 4.26. The molecule has 16 heavy (non-hydrogen) atoms. The summed E-state index contributed by atoms with van der Waals surface area (Å²) in [6.07, 6.45) is 6.47. The zero-order valence-electron chi connectivity index (χ0n) is 9.56. The lowest BCUT2D eigenvalue weighted by atomic mass is 9.89. The molecular weight excluding hydrogens is 196 g/mol. The van der Waals surface area contributed by atoms with Crippen LogP contribution in [0.3, 0.4) is 0 Å². The Morgan fingerprint density at radius 2 is 2.06 bits per heavy atom. The first kappa shape index (κ1) is 9.64. The predicted octanol–water partition coefficient (Wildman–Crippen LogP) is 3.12. The summed E-state index contributed by atoms with van der Waals surface area (Å²) in [5.74, 6) is 0.539. The lowest BCUT2D eigenvalue weighted by molar-refractivity contribution is 0.491. The second-order valence-corrected chi connectivity index (χ2v) is 4.62. The molecular formula is C14H16N2. The van der Waals surface area contributed by atoms with Crippen molar-refractivity contribution < 1.29 is 0 Å². The van der Waals surface area contributed by atoms with Gasteiger partial charge < -0.3 is 4.57 Å². The van der Waals surface area contributed by atoms with Crippen molar-refractivity contribution in [3.63, 3.8) is 0 Å². The molecule has 2 nitrogen and oxygen atoms in total. The fraction of sp³-hybridized carbons (Fsp3) is 0.357. The SMILES string of the molecule is Cc1ccc(C2CCCn3cncc32)cc1. The van der Waals surface area contributed by atoms with Crippen molar-refractivity contribution >= 4 is 0 Å². The standard InChI is InChI=1S/C14H16N2/c1-11-4-6-12(7-5-11)13-3-2-8-16-10-15-9-14(13)16/h4-7,9-10,13H,2-3,8H2,1H3. The van der Waals surface area contributed by atoms with Crippen molar-refractivity contribution in [3.8, 4) is 0 Å². The molecule has 1 aliphatic heterocycles. The van der Waals surface area contributed by atoms with Gasteiger partial charge in [-0.15, -0.1) is 0 Å². The molecule has 0 radical (unpaired) electrons. The van der Waals surface area contributed by atoms with Crippen LogP contribution in [-0.4, -0.2) is 9.55 Å². The number of hydrogen-bond acceptors (Lipinski definition) is 1. The van der Waals surface area contributed by atoms with E-state index in [9.17, 15) is 0 Å². The van der Waals surface area contributed by atoms with E-state index in [-0.39, 0.29) is 0 Å². The first-order valence-electron chi connectivity index (χ1n) is 5.91. The first-order valence-corrected chi connectivity index (χ1v) is 5.91. The van der Waals surface area contributed by atoms with Gasteiger partial charge in [-0.25, -0.2) is 4.98 Å². The van der Waals surface area contributed by atoms with Gasteiger partial charge in [0.25, 0.3) is 0 Å². The maximum absolute atomic E-state index is 4.26. The average Bonchev–Trinajstić information content (AvgIpc) is 2.78. The summed E-state index contributed by atoms with van der Waals surface area (Å²) < 4.78 is 2.29. The largest absolute Gasteiger partial charge is 0.334 e. The van der Waals surface area contributed by atoms with E-state index in [1.54, 1.807) is 0 Å². The second-order valence-electron chi connectivity index (χ2n) is 4.62. The van der Waals surface area contributed by atoms with Gasteiger partial charge >= 0.3 is 0 Å². The third-order valence-corrected chi connectivity index (χ3v) is 3.47. The highest BCUT2D eigenvalue weighted by Crippen LogP contribution is 2.32. The molecule has 1 atom stereocenters. The number of fused-ring (bicyclic) bond motifs is 1. The van der Waals surface area contributed by atoms with E-state index in [2.05, 4.69) is 40.7 Å². The van der Waals surface area contributed by atoms with Gasteiger partial charge in [-0.05, 0) is 25.3 Å². The highest BCUT2D eigenvalue weighted by atomic mass is 15.1. The Balaban J connectivity index is 2.00. The molecule has 3 rings (SSSR count). The molecule has 1 aliphatic rings. The topological polar surface area (TPSA) is 17.8 Å². The van der Waals surface area contributed by atoms with Crippen molar-refractivity contribution in [2.45, 2.75) is 32.2 Å². The molecule has 0 saturated carbocycles. The Labute approximate surface area is 95.9 Å². The van der Waals surface area contributed by atoms with E-state index in [4.69, 9.17) is 0 Å². The van der Waals surface area contributed by atoms with Crippen LogP contribution < -0.4 is 0 Å². The Bertz CT molecular complexity index is 482. The van der Waals surface area contributed by atoms with E-state index in [0.717, 1.165) is 6.54 Å². The Morgan fingerprint density at radius 1 is 1.25 bits per heavy atom. The molecule has 0 spiro atoms. The summed E-state index contributed by atoms with van der Waals surface area (Å²) in [6.45, 7) is 3.26. The lowest BCUT2D eigenvalue weighted by Gasteiger charge is -2.24. The third kappa shape index (κ3) is 1.54. The number of imidazole rings is 1. The lowest BCUT2D eigenvalue weighted by Crippen LogP contribution is -2.15. The molecule has 0 amide bonds. The maximum Gasteiger partial charge on any atom is 0.0948 e. The molecule has 0 N–H and O–H groups in total. The van der Waals surface area contributed by atoms with Gasteiger partial charge in [0.05, 0.1) is 6.33 Å². The number of hydrogen-bond donors (Lipinski definition) is 0. The van der Waals surface area contributed by atoms with Gasteiger partial charge in [0.2, 0.25) is 0 Å². The summed E-state index contributed by atoms with van der Waals surface area (Å²) in [5, 5.41) is 0. The maximum atomic E-state index is 4.26. The third-order valence-electron chi connectivity index (χ3n) is 3.47. The van der Waals surface area contributed by atoms with Gasteiger partial charge in [-0.3, -0.25) is 0 Å². The average molecular weight is 212 g/mol. The van der Waals surface area contributed by atoms with Crippen molar-refractivity contribution in [1.82, 2.24) is 9.55 Å². The van der Waals surface area contributed by atoms with Gasteiger partial charge in [0.1, 0.15) is 0 Å². The summed E-state index contributed by atoms with van der Waals surface area (Å²) in [6, 6.07) is 8.90. The van der Waals surface area contributed by atoms with Crippen molar-refractivity contribution in [2.24, 2.45) is 0 Å². The second kappa shape index (κ2) is 3.78. The minimum absolute atomic E-state index is 0.539. The van der Waals surface area contributed by atoms with Crippen LogP contribution in [0.5, 0.6) is 0 Å². The van der Waals surface area contributed by atoms with E-state index in [0.29, 0.717) is 5.92 Å². The summed E-state index contributed by atoms with van der Waals surface area (Å²) in [5.41, 5.74) is 4.12. The Kier molecular flexibility index (Phi) is 2.28. The molecule has 0 aliphatic carbocycles. The zero-order chi connectivity index (χ0) is 11.0. The normalized spacial score (nSPS) is 19.4. The van der Waals surface area contributed by atoms with Crippen LogP contribution in [0, 0.1) is 6.92 Å². The summed E-state index contributed by atoms with van der Waals surface area (Å²) in [7, 11) is 0. The number of rotatable bonds is 1. The van der Waals surface area contributed by atoms with Crippen molar-refractivity contribution in [2.75, 3.05) is 0 Å². The number of nitrogens with zero attached hydrogens (tertiary/aromatic N) is 2. The van der Waals surface area contributed by atoms with Gasteiger partial charge in [0.15, 0.2) is 0 Å². The van der Waals surface area contributed by atoms with Crippen molar-refractivity contribution in [3.05, 3.63) is 53.6 Å². The van der Waals surface area contributed by atoms with E-state index < -0.39 is 0 Å².